The van der Waals surface area contributed by atoms with E-state index in [2.05, 4.69) is 13.8 Å². The molecule has 32 heavy (non-hydrogen) atoms. The lowest BCUT2D eigenvalue weighted by Crippen LogP contribution is -2.50. The van der Waals surface area contributed by atoms with Crippen molar-refractivity contribution >= 4 is 11.9 Å². The van der Waals surface area contributed by atoms with Gasteiger partial charge in [-0.2, -0.15) is 0 Å². The number of carbonyl (C=O) groups is 2. The number of esters is 2. The lowest BCUT2D eigenvalue weighted by Gasteiger charge is -2.29. The Balaban J connectivity index is 3.85. The molecule has 0 aliphatic heterocycles. The number of unbranched alkanes of at least 4 members (excludes halogenated alkanes) is 15. The monoisotopic (exact) mass is 456 g/mol. The zero-order chi connectivity index (χ0) is 24.1. The molecule has 2 atom stereocenters. The summed E-state index contributed by atoms with van der Waals surface area (Å²) in [5.74, 6) is -1.62. The van der Waals surface area contributed by atoms with Crippen molar-refractivity contribution in [2.24, 2.45) is 0 Å². The summed E-state index contributed by atoms with van der Waals surface area (Å²) in [4.78, 5) is 24.3. The molecular formula is C27H52O5. The van der Waals surface area contributed by atoms with Crippen LogP contribution in [0.25, 0.3) is 0 Å². The second kappa shape index (κ2) is 20.7. The summed E-state index contributed by atoms with van der Waals surface area (Å²) < 4.78 is 4.87. The third-order valence-corrected chi connectivity index (χ3v) is 6.47. The fraction of sp³-hybridized carbons (Fsp3) is 0.926. The molecule has 0 spiro atoms. The Morgan fingerprint density at radius 3 is 1.53 bits per heavy atom. The van der Waals surface area contributed by atoms with Crippen LogP contribution >= 0.6 is 0 Å². The Labute approximate surface area is 197 Å². The van der Waals surface area contributed by atoms with Gasteiger partial charge < -0.3 is 14.9 Å². The lowest BCUT2D eigenvalue weighted by atomic mass is 9.90. The molecule has 5 heteroatoms. The smallest absolute Gasteiger partial charge is 0.348 e. The summed E-state index contributed by atoms with van der Waals surface area (Å²) in [5, 5.41) is 20.9. The van der Waals surface area contributed by atoms with Gasteiger partial charge in [-0.15, -0.1) is 0 Å². The van der Waals surface area contributed by atoms with E-state index in [1.165, 1.54) is 64.2 Å². The number of rotatable bonds is 22. The van der Waals surface area contributed by atoms with Crippen LogP contribution in [-0.2, 0) is 14.3 Å². The van der Waals surface area contributed by atoms with Crippen molar-refractivity contribution in [2.45, 2.75) is 161 Å². The van der Waals surface area contributed by atoms with Gasteiger partial charge in [-0.05, 0) is 19.3 Å². The summed E-state index contributed by atoms with van der Waals surface area (Å²) >= 11 is 0. The van der Waals surface area contributed by atoms with E-state index in [1.54, 1.807) is 6.92 Å². The van der Waals surface area contributed by atoms with Crippen LogP contribution in [0.3, 0.4) is 0 Å². The molecule has 0 aliphatic carbocycles. The maximum atomic E-state index is 12.3. The van der Waals surface area contributed by atoms with E-state index in [-0.39, 0.29) is 12.8 Å². The average molecular weight is 457 g/mol. The minimum atomic E-state index is -2.00. The number of carbonyl (C=O) groups excluding carboxylic acids is 2. The molecule has 0 rings (SSSR count). The Kier molecular flexibility index (Phi) is 20.0. The molecule has 0 bridgehead atoms. The van der Waals surface area contributed by atoms with E-state index in [4.69, 9.17) is 4.74 Å². The van der Waals surface area contributed by atoms with Crippen LogP contribution in [0, 0.1) is 0 Å². The first-order valence-electron chi connectivity index (χ1n) is 13.6. The van der Waals surface area contributed by atoms with Gasteiger partial charge in [-0.3, -0.25) is 4.79 Å². The summed E-state index contributed by atoms with van der Waals surface area (Å²) in [6.45, 7) is 5.96. The molecule has 2 unspecified atom stereocenters. The summed E-state index contributed by atoms with van der Waals surface area (Å²) in [5.41, 5.74) is -2.00. The lowest BCUT2D eigenvalue weighted by molar-refractivity contribution is -0.184. The van der Waals surface area contributed by atoms with Crippen LogP contribution in [0.1, 0.15) is 149 Å². The largest absolute Gasteiger partial charge is 0.391 e. The quantitative estimate of drug-likeness (QED) is 0.104. The number of hydrogen-bond donors (Lipinski definition) is 2. The van der Waals surface area contributed by atoms with E-state index in [9.17, 15) is 19.8 Å². The topological polar surface area (TPSA) is 83.8 Å². The highest BCUT2D eigenvalue weighted by atomic mass is 16.6. The first-order chi connectivity index (χ1) is 15.4. The van der Waals surface area contributed by atoms with Crippen molar-refractivity contribution in [1.82, 2.24) is 0 Å². The molecule has 0 saturated heterocycles. The van der Waals surface area contributed by atoms with Crippen LogP contribution in [0.4, 0.5) is 0 Å². The van der Waals surface area contributed by atoms with E-state index in [1.807, 2.05) is 0 Å². The van der Waals surface area contributed by atoms with Crippen molar-refractivity contribution in [3.05, 3.63) is 0 Å². The minimum absolute atomic E-state index is 0.0206. The maximum Gasteiger partial charge on any atom is 0.348 e. The Morgan fingerprint density at radius 1 is 0.688 bits per heavy atom. The van der Waals surface area contributed by atoms with E-state index in [0.29, 0.717) is 12.8 Å². The van der Waals surface area contributed by atoms with Crippen LogP contribution in [0.15, 0.2) is 0 Å². The third kappa shape index (κ3) is 15.0. The van der Waals surface area contributed by atoms with Crippen LogP contribution in [-0.4, -0.2) is 33.9 Å². The number of aliphatic hydroxyl groups is 2. The molecule has 0 amide bonds. The van der Waals surface area contributed by atoms with E-state index < -0.39 is 23.6 Å². The van der Waals surface area contributed by atoms with Gasteiger partial charge in [0, 0.05) is 6.42 Å². The van der Waals surface area contributed by atoms with Crippen LogP contribution in [0.2, 0.25) is 0 Å². The Bertz CT molecular complexity index is 465. The highest BCUT2D eigenvalue weighted by molar-refractivity contribution is 5.90. The molecule has 5 nitrogen and oxygen atoms in total. The van der Waals surface area contributed by atoms with Gasteiger partial charge in [0.05, 0.1) is 6.10 Å². The van der Waals surface area contributed by atoms with Crippen molar-refractivity contribution < 1.29 is 24.5 Å². The van der Waals surface area contributed by atoms with Gasteiger partial charge in [0.1, 0.15) is 0 Å². The second-order valence-corrected chi connectivity index (χ2v) is 9.40. The van der Waals surface area contributed by atoms with Gasteiger partial charge in [0.25, 0.3) is 0 Å². The fourth-order valence-corrected chi connectivity index (χ4v) is 4.05. The van der Waals surface area contributed by atoms with Crippen molar-refractivity contribution in [3.63, 3.8) is 0 Å². The molecular weight excluding hydrogens is 404 g/mol. The first-order valence-corrected chi connectivity index (χ1v) is 13.6. The van der Waals surface area contributed by atoms with Crippen LogP contribution < -0.4 is 0 Å². The molecule has 0 fully saturated rings. The number of ether oxygens (including phenoxy) is 1. The molecule has 0 aromatic heterocycles. The average Bonchev–Trinajstić information content (AvgIpc) is 2.78. The van der Waals surface area contributed by atoms with Crippen LogP contribution in [0.5, 0.6) is 0 Å². The van der Waals surface area contributed by atoms with Crippen molar-refractivity contribution in [3.8, 4) is 0 Å². The number of aliphatic hydroxyl groups excluding tert-OH is 1. The molecule has 190 valence electrons. The molecule has 0 heterocycles. The molecule has 0 aromatic rings. The maximum absolute atomic E-state index is 12.3. The Morgan fingerprint density at radius 2 is 1.09 bits per heavy atom. The molecule has 0 saturated carbocycles. The summed E-state index contributed by atoms with van der Waals surface area (Å²) in [6.07, 6.45) is 19.0. The molecule has 0 aromatic carbocycles. The zero-order valence-electron chi connectivity index (χ0n) is 21.3. The van der Waals surface area contributed by atoms with Gasteiger partial charge in [-0.1, -0.05) is 124 Å². The normalized spacial score (nSPS) is 14.2. The van der Waals surface area contributed by atoms with Crippen molar-refractivity contribution in [2.75, 3.05) is 0 Å². The molecule has 2 N–H and O–H groups in total. The Hall–Kier alpha value is -0.940. The van der Waals surface area contributed by atoms with E-state index in [0.717, 1.165) is 38.5 Å². The molecule has 0 aliphatic rings. The first kappa shape index (κ1) is 31.1. The van der Waals surface area contributed by atoms with Gasteiger partial charge >= 0.3 is 11.9 Å². The third-order valence-electron chi connectivity index (χ3n) is 6.47. The molecule has 0 radical (unpaired) electrons. The van der Waals surface area contributed by atoms with Crippen molar-refractivity contribution in [1.29, 1.82) is 0 Å². The highest BCUT2D eigenvalue weighted by Gasteiger charge is 2.43. The predicted octanol–water partition coefficient (Wildman–Crippen LogP) is 7.01. The number of hydrogen-bond acceptors (Lipinski definition) is 5. The van der Waals surface area contributed by atoms with Gasteiger partial charge in [0.15, 0.2) is 5.60 Å². The van der Waals surface area contributed by atoms with Gasteiger partial charge in [-0.25, -0.2) is 4.79 Å². The predicted molar refractivity (Wildman–Crippen MR) is 131 cm³/mol. The zero-order valence-corrected chi connectivity index (χ0v) is 21.3. The summed E-state index contributed by atoms with van der Waals surface area (Å²) in [7, 11) is 0. The second-order valence-electron chi connectivity index (χ2n) is 9.40. The van der Waals surface area contributed by atoms with E-state index >= 15 is 0 Å². The standard InChI is InChI=1S/C27H52O5/c1-4-7-9-11-12-13-14-15-16-17-18-19-21-23-25(29)32-26(30)27(31,6-3)24(28)22-20-10-8-5-2/h24,28,31H,4-23H2,1-3H3. The van der Waals surface area contributed by atoms with Gasteiger partial charge in [0.2, 0.25) is 0 Å². The highest BCUT2D eigenvalue weighted by Crippen LogP contribution is 2.23. The fourth-order valence-electron chi connectivity index (χ4n) is 4.05. The SMILES string of the molecule is CCCCCCCCCCCCCCCC(=O)OC(=O)C(O)(CC)C(O)CCCCCC. The summed E-state index contributed by atoms with van der Waals surface area (Å²) in [6, 6.07) is 0. The minimum Gasteiger partial charge on any atom is -0.391 e.